The summed E-state index contributed by atoms with van der Waals surface area (Å²) in [5, 5.41) is 3.12. The second-order valence-corrected chi connectivity index (χ2v) is 8.93. The van der Waals surface area contributed by atoms with Crippen LogP contribution in [0.5, 0.6) is 0 Å². The van der Waals surface area contributed by atoms with Crippen molar-refractivity contribution in [3.8, 4) is 0 Å². The molecule has 0 aliphatic rings. The monoisotopic (exact) mass is 674 g/mol. The Morgan fingerprint density at radius 2 is 1.16 bits per heavy atom. The normalized spacial score (nSPS) is 12.1. The van der Waals surface area contributed by atoms with Gasteiger partial charge in [-0.1, -0.05) is 60.7 Å². The van der Waals surface area contributed by atoms with Crippen LogP contribution in [0.15, 0.2) is 60.7 Å². The van der Waals surface area contributed by atoms with Crippen molar-refractivity contribution in [3.05, 3.63) is 71.8 Å². The van der Waals surface area contributed by atoms with Gasteiger partial charge in [-0.3, -0.25) is 0 Å². The average molecular weight is 675 g/mol. The predicted molar refractivity (Wildman–Crippen MR) is 149 cm³/mol. The quantitative estimate of drug-likeness (QED) is 0.155. The maximum Gasteiger partial charge on any atom is 0.436 e. The molecule has 10 nitrogen and oxygen atoms in total. The van der Waals surface area contributed by atoms with Crippen molar-refractivity contribution in [1.82, 2.24) is 10.2 Å². The summed E-state index contributed by atoms with van der Waals surface area (Å²) in [6.07, 6.45) is -15.6. The first-order valence-corrected chi connectivity index (χ1v) is 13.1. The lowest BCUT2D eigenvalue weighted by atomic mass is 10.1. The summed E-state index contributed by atoms with van der Waals surface area (Å²) in [5.74, 6) is -3.40. The molecular formula is C28H33ClF6N2O8. The Morgan fingerprint density at radius 3 is 1.51 bits per heavy atom. The molecule has 2 aromatic rings. The van der Waals surface area contributed by atoms with E-state index in [-0.39, 0.29) is 6.54 Å². The number of ether oxygens (including phenoxy) is 4. The smallest absolute Gasteiger partial charge is 0.436 e. The first kappa shape index (κ1) is 41.0. The van der Waals surface area contributed by atoms with Gasteiger partial charge in [-0.2, -0.15) is 26.3 Å². The minimum absolute atomic E-state index is 0.147. The van der Waals surface area contributed by atoms with Crippen molar-refractivity contribution >= 4 is 35.1 Å². The molecule has 0 aromatic heterocycles. The Morgan fingerprint density at radius 1 is 0.756 bits per heavy atom. The minimum atomic E-state index is -5.03. The van der Waals surface area contributed by atoms with E-state index < -0.39 is 48.0 Å². The lowest BCUT2D eigenvalue weighted by molar-refractivity contribution is -0.217. The summed E-state index contributed by atoms with van der Waals surface area (Å²) in [6.45, 7) is 1.21. The number of nitrogens with zero attached hydrogens (tertiary/aromatic N) is 1. The summed E-state index contributed by atoms with van der Waals surface area (Å²) < 4.78 is 89.0. The number of benzene rings is 2. The van der Waals surface area contributed by atoms with Gasteiger partial charge >= 0.3 is 35.8 Å². The van der Waals surface area contributed by atoms with Crippen LogP contribution in [0, 0.1) is 0 Å². The SMILES string of the molecule is CNCCc1ccccc1.COC(=O)C(OC(=O)Cl)C(F)(F)F.COC(=O)C(OC(=O)N(C)CCc1ccccc1)C(F)(F)F. The first-order valence-electron chi connectivity index (χ1n) is 12.8. The zero-order valence-corrected chi connectivity index (χ0v) is 25.4. The highest BCUT2D eigenvalue weighted by Crippen LogP contribution is 2.25. The van der Waals surface area contributed by atoms with Crippen molar-refractivity contribution < 1.29 is 64.5 Å². The van der Waals surface area contributed by atoms with Gasteiger partial charge in [0.05, 0.1) is 14.2 Å². The molecule has 17 heteroatoms. The number of hydrogen-bond acceptors (Lipinski definition) is 9. The molecule has 1 amide bonds. The number of rotatable bonds is 10. The standard InChI is InChI=1S/C14H16F3NO4.C9H13N.C5H4ClF3O4/c1-18(9-8-10-6-4-3-5-7-10)13(20)22-11(12(19)21-2)14(15,16)17;1-10-8-7-9-5-3-2-4-6-9;1-12-3(10)2(5(7,8)9)13-4(6)11/h3-7,11H,8-9H2,1-2H3;2-6,10H,7-8H2,1H3;2H,1H3. The van der Waals surface area contributed by atoms with E-state index >= 15 is 0 Å². The predicted octanol–water partition coefficient (Wildman–Crippen LogP) is 5.32. The molecule has 0 aliphatic carbocycles. The Bertz CT molecular complexity index is 1170. The van der Waals surface area contributed by atoms with E-state index in [1.165, 1.54) is 12.6 Å². The van der Waals surface area contributed by atoms with E-state index in [2.05, 4.69) is 60.1 Å². The van der Waals surface area contributed by atoms with Crippen LogP contribution in [-0.4, -0.2) is 94.3 Å². The fourth-order valence-corrected chi connectivity index (χ4v) is 3.03. The molecule has 45 heavy (non-hydrogen) atoms. The van der Waals surface area contributed by atoms with Crippen molar-refractivity contribution in [2.24, 2.45) is 0 Å². The third kappa shape index (κ3) is 17.7. The zero-order valence-electron chi connectivity index (χ0n) is 24.6. The Kier molecular flexibility index (Phi) is 18.9. The van der Waals surface area contributed by atoms with E-state index in [0.717, 1.165) is 37.6 Å². The third-order valence-corrected chi connectivity index (χ3v) is 5.34. The second kappa shape index (κ2) is 20.8. The summed E-state index contributed by atoms with van der Waals surface area (Å²) >= 11 is 4.51. The number of esters is 2. The van der Waals surface area contributed by atoms with Crippen LogP contribution in [0.3, 0.4) is 0 Å². The molecule has 252 valence electrons. The summed E-state index contributed by atoms with van der Waals surface area (Å²) in [5.41, 5.74) is 0.590. The number of carbonyl (C=O) groups excluding carboxylic acids is 4. The van der Waals surface area contributed by atoms with Crippen molar-refractivity contribution in [2.75, 3.05) is 41.4 Å². The lowest BCUT2D eigenvalue weighted by Gasteiger charge is -2.22. The molecular weight excluding hydrogens is 642 g/mol. The van der Waals surface area contributed by atoms with Gasteiger partial charge in [0.15, 0.2) is 0 Å². The van der Waals surface area contributed by atoms with Crippen LogP contribution < -0.4 is 5.32 Å². The van der Waals surface area contributed by atoms with Gasteiger partial charge in [-0.25, -0.2) is 19.2 Å². The minimum Gasteiger partial charge on any atom is -0.466 e. The molecule has 0 heterocycles. The van der Waals surface area contributed by atoms with Crippen LogP contribution in [0.25, 0.3) is 0 Å². The maximum atomic E-state index is 12.6. The Hall–Kier alpha value is -4.05. The highest BCUT2D eigenvalue weighted by Gasteiger charge is 2.50. The third-order valence-electron chi connectivity index (χ3n) is 5.25. The van der Waals surface area contributed by atoms with E-state index in [4.69, 9.17) is 0 Å². The molecule has 1 N–H and O–H groups in total. The van der Waals surface area contributed by atoms with Crippen LogP contribution in [-0.2, 0) is 41.4 Å². The molecule has 2 unspecified atom stereocenters. The fourth-order valence-electron chi connectivity index (χ4n) is 2.94. The average Bonchev–Trinajstić information content (AvgIpc) is 2.99. The molecule has 0 bridgehead atoms. The maximum absolute atomic E-state index is 12.6. The number of halogens is 7. The number of methoxy groups -OCH3 is 2. The van der Waals surface area contributed by atoms with Gasteiger partial charge in [0.2, 0.25) is 0 Å². The molecule has 0 fully saturated rings. The number of alkyl halides is 6. The van der Waals surface area contributed by atoms with Gasteiger partial charge in [0.25, 0.3) is 12.2 Å². The highest BCUT2D eigenvalue weighted by molar-refractivity contribution is 6.61. The summed E-state index contributed by atoms with van der Waals surface area (Å²) in [7, 11) is 4.77. The van der Waals surface area contributed by atoms with Crippen molar-refractivity contribution in [2.45, 2.75) is 37.4 Å². The second-order valence-electron chi connectivity index (χ2n) is 8.63. The highest BCUT2D eigenvalue weighted by atomic mass is 35.5. The molecule has 0 aliphatic heterocycles. The van der Waals surface area contributed by atoms with Gasteiger partial charge in [-0.05, 0) is 37.6 Å². The number of likely N-dealkylation sites (N-methyl/N-ethyl adjacent to an activating group) is 2. The fraction of sp³-hybridized carbons (Fsp3) is 0.429. The largest absolute Gasteiger partial charge is 0.466 e. The van der Waals surface area contributed by atoms with E-state index in [9.17, 15) is 45.5 Å². The summed E-state index contributed by atoms with van der Waals surface area (Å²) in [6, 6.07) is 19.6. The molecule has 2 atom stereocenters. The molecule has 0 spiro atoms. The number of hydrogen-bond donors (Lipinski definition) is 1. The van der Waals surface area contributed by atoms with Crippen LogP contribution in [0.1, 0.15) is 11.1 Å². The number of nitrogens with one attached hydrogen (secondary N) is 1. The molecule has 0 saturated carbocycles. The van der Waals surface area contributed by atoms with Crippen molar-refractivity contribution in [3.63, 3.8) is 0 Å². The van der Waals surface area contributed by atoms with Gasteiger partial charge < -0.3 is 29.2 Å². The van der Waals surface area contributed by atoms with E-state index in [0.29, 0.717) is 6.42 Å². The lowest BCUT2D eigenvalue weighted by Crippen LogP contribution is -2.44. The van der Waals surface area contributed by atoms with Gasteiger partial charge in [-0.15, -0.1) is 0 Å². The van der Waals surface area contributed by atoms with Crippen molar-refractivity contribution in [1.29, 1.82) is 0 Å². The molecule has 0 radical (unpaired) electrons. The van der Waals surface area contributed by atoms with E-state index in [1.54, 1.807) is 0 Å². The molecule has 2 aromatic carbocycles. The van der Waals surface area contributed by atoms with Crippen LogP contribution in [0.4, 0.5) is 35.9 Å². The van der Waals surface area contributed by atoms with Crippen LogP contribution >= 0.6 is 11.6 Å². The topological polar surface area (TPSA) is 120 Å². The van der Waals surface area contributed by atoms with Gasteiger partial charge in [0, 0.05) is 25.2 Å². The van der Waals surface area contributed by atoms with E-state index in [1.807, 2.05) is 43.4 Å². The molecule has 2 rings (SSSR count). The molecule has 0 saturated heterocycles. The first-order chi connectivity index (χ1) is 21.0. The Labute approximate surface area is 260 Å². The van der Waals surface area contributed by atoms with Gasteiger partial charge in [0.1, 0.15) is 0 Å². The van der Waals surface area contributed by atoms with Crippen LogP contribution in [0.2, 0.25) is 0 Å². The Balaban J connectivity index is 0.000000712. The number of carbonyl (C=O) groups is 4. The zero-order chi connectivity index (χ0) is 34.6. The summed E-state index contributed by atoms with van der Waals surface area (Å²) in [4.78, 5) is 44.0. The number of amides is 1.